The van der Waals surface area contributed by atoms with Crippen molar-refractivity contribution in [3.8, 4) is 12.3 Å². The highest BCUT2D eigenvalue weighted by molar-refractivity contribution is 6.34. The third kappa shape index (κ3) is 3.14. The number of nitro benzene ring substituents is 1. The molecular formula is C12H11ClN2O4. The van der Waals surface area contributed by atoms with Crippen molar-refractivity contribution < 1.29 is 14.8 Å². The van der Waals surface area contributed by atoms with Gasteiger partial charge in [-0.25, -0.2) is 4.79 Å². The molecule has 1 rings (SSSR count). The summed E-state index contributed by atoms with van der Waals surface area (Å²) in [5, 5.41) is 19.9. The molecule has 0 aliphatic heterocycles. The van der Waals surface area contributed by atoms with Gasteiger partial charge in [0.25, 0.3) is 5.69 Å². The first kappa shape index (κ1) is 14.8. The van der Waals surface area contributed by atoms with Gasteiger partial charge in [0.1, 0.15) is 0 Å². The zero-order valence-electron chi connectivity index (χ0n) is 10.1. The fourth-order valence-corrected chi connectivity index (χ4v) is 1.97. The molecule has 0 spiro atoms. The molecule has 0 bridgehead atoms. The van der Waals surface area contributed by atoms with Crippen LogP contribution < -0.4 is 4.90 Å². The third-order valence-corrected chi connectivity index (χ3v) is 2.76. The fraction of sp³-hybridized carbons (Fsp3) is 0.250. The quantitative estimate of drug-likeness (QED) is 0.509. The SMILES string of the molecule is C#CCN(CC)c1c(Cl)cc([N+](=O)[O-])cc1C(=O)O. The number of terminal acetylenes is 1. The second kappa shape index (κ2) is 6.07. The van der Waals surface area contributed by atoms with Crippen molar-refractivity contribution in [2.75, 3.05) is 18.0 Å². The number of carbonyl (C=O) groups is 1. The molecule has 0 aliphatic carbocycles. The summed E-state index contributed by atoms with van der Waals surface area (Å²) < 4.78 is 0. The van der Waals surface area contributed by atoms with Gasteiger partial charge in [-0.3, -0.25) is 10.1 Å². The first-order chi connectivity index (χ1) is 8.92. The largest absolute Gasteiger partial charge is 0.478 e. The van der Waals surface area contributed by atoms with E-state index in [4.69, 9.17) is 23.1 Å². The first-order valence-electron chi connectivity index (χ1n) is 5.32. The van der Waals surface area contributed by atoms with Crippen molar-refractivity contribution in [3.63, 3.8) is 0 Å². The standard InChI is InChI=1S/C12H11ClN2O4/c1-3-5-14(4-2)11-9(12(16)17)6-8(15(18)19)7-10(11)13/h1,6-7H,4-5H2,2H3,(H,16,17). The lowest BCUT2D eigenvalue weighted by molar-refractivity contribution is -0.384. The minimum Gasteiger partial charge on any atom is -0.478 e. The molecule has 1 aromatic carbocycles. The lowest BCUT2D eigenvalue weighted by Gasteiger charge is -2.23. The Balaban J connectivity index is 3.50. The maximum Gasteiger partial charge on any atom is 0.338 e. The van der Waals surface area contributed by atoms with E-state index in [9.17, 15) is 14.9 Å². The average Bonchev–Trinajstić information content (AvgIpc) is 2.35. The Labute approximate surface area is 114 Å². The Kier molecular flexibility index (Phi) is 4.73. The minimum atomic E-state index is -1.30. The van der Waals surface area contributed by atoms with E-state index in [1.165, 1.54) is 0 Å². The number of nitro groups is 1. The molecule has 0 atom stereocenters. The van der Waals surface area contributed by atoms with E-state index in [0.29, 0.717) is 6.54 Å². The van der Waals surface area contributed by atoms with Gasteiger partial charge < -0.3 is 10.0 Å². The summed E-state index contributed by atoms with van der Waals surface area (Å²) in [6.45, 7) is 2.37. The van der Waals surface area contributed by atoms with E-state index in [1.807, 2.05) is 0 Å². The summed E-state index contributed by atoms with van der Waals surface area (Å²) >= 11 is 5.95. The number of aromatic carboxylic acids is 1. The molecule has 0 radical (unpaired) electrons. The normalized spacial score (nSPS) is 9.74. The molecule has 7 heteroatoms. The molecule has 0 aliphatic rings. The van der Waals surface area contributed by atoms with E-state index >= 15 is 0 Å². The highest BCUT2D eigenvalue weighted by Gasteiger charge is 2.23. The van der Waals surface area contributed by atoms with Crippen LogP contribution in [-0.4, -0.2) is 29.1 Å². The lowest BCUT2D eigenvalue weighted by Crippen LogP contribution is -2.25. The van der Waals surface area contributed by atoms with Crippen LogP contribution in [0.5, 0.6) is 0 Å². The van der Waals surface area contributed by atoms with E-state index in [2.05, 4.69) is 5.92 Å². The van der Waals surface area contributed by atoms with E-state index in [-0.39, 0.29) is 28.5 Å². The number of non-ortho nitro benzene ring substituents is 1. The number of halogens is 1. The molecule has 0 aromatic heterocycles. The lowest BCUT2D eigenvalue weighted by atomic mass is 10.1. The summed E-state index contributed by atoms with van der Waals surface area (Å²) in [5.74, 6) is 1.09. The molecule has 0 saturated carbocycles. The zero-order chi connectivity index (χ0) is 14.6. The van der Waals surface area contributed by atoms with Gasteiger partial charge in [-0.1, -0.05) is 17.5 Å². The Hall–Kier alpha value is -2.26. The number of benzene rings is 1. The van der Waals surface area contributed by atoms with Gasteiger partial charge in [0.2, 0.25) is 0 Å². The Morgan fingerprint density at radius 2 is 2.26 bits per heavy atom. The minimum absolute atomic E-state index is 0.0105. The maximum atomic E-state index is 11.2. The van der Waals surface area contributed by atoms with Gasteiger partial charge in [-0.05, 0) is 6.92 Å². The molecule has 6 nitrogen and oxygen atoms in total. The number of anilines is 1. The van der Waals surface area contributed by atoms with Gasteiger partial charge in [-0.2, -0.15) is 0 Å². The van der Waals surface area contributed by atoms with Gasteiger partial charge in [0.05, 0.1) is 27.7 Å². The number of hydrogen-bond donors (Lipinski definition) is 1. The molecule has 1 N–H and O–H groups in total. The second-order valence-corrected chi connectivity index (χ2v) is 4.01. The Morgan fingerprint density at radius 1 is 1.63 bits per heavy atom. The third-order valence-electron chi connectivity index (χ3n) is 2.47. The van der Waals surface area contributed by atoms with Gasteiger partial charge >= 0.3 is 5.97 Å². The smallest absolute Gasteiger partial charge is 0.338 e. The number of hydrogen-bond acceptors (Lipinski definition) is 4. The molecule has 0 amide bonds. The predicted octanol–water partition coefficient (Wildman–Crippen LogP) is 2.41. The fourth-order valence-electron chi connectivity index (χ4n) is 1.63. The van der Waals surface area contributed by atoms with Crippen molar-refractivity contribution in [3.05, 3.63) is 32.8 Å². The van der Waals surface area contributed by atoms with Crippen LogP contribution in [0.25, 0.3) is 0 Å². The first-order valence-corrected chi connectivity index (χ1v) is 5.69. The zero-order valence-corrected chi connectivity index (χ0v) is 10.8. The van der Waals surface area contributed by atoms with Crippen LogP contribution >= 0.6 is 11.6 Å². The van der Waals surface area contributed by atoms with E-state index in [1.54, 1.807) is 11.8 Å². The molecule has 0 unspecified atom stereocenters. The number of nitrogens with zero attached hydrogens (tertiary/aromatic N) is 2. The summed E-state index contributed by atoms with van der Waals surface area (Å²) in [7, 11) is 0. The average molecular weight is 283 g/mol. The second-order valence-electron chi connectivity index (χ2n) is 3.60. The van der Waals surface area contributed by atoms with Crippen LogP contribution in [-0.2, 0) is 0 Å². The van der Waals surface area contributed by atoms with Gasteiger partial charge in [0, 0.05) is 18.7 Å². The Morgan fingerprint density at radius 3 is 2.68 bits per heavy atom. The van der Waals surface area contributed by atoms with Crippen molar-refractivity contribution in [1.29, 1.82) is 0 Å². The molecular weight excluding hydrogens is 272 g/mol. The molecule has 0 heterocycles. The maximum absolute atomic E-state index is 11.2. The number of carboxylic acid groups (broad SMARTS) is 1. The van der Waals surface area contributed by atoms with Crippen LogP contribution in [0, 0.1) is 22.5 Å². The van der Waals surface area contributed by atoms with E-state index < -0.39 is 10.9 Å². The van der Waals surface area contributed by atoms with Crippen molar-refractivity contribution in [2.24, 2.45) is 0 Å². The van der Waals surface area contributed by atoms with Crippen LogP contribution in [0.1, 0.15) is 17.3 Å². The van der Waals surface area contributed by atoms with E-state index in [0.717, 1.165) is 12.1 Å². The van der Waals surface area contributed by atoms with Crippen molar-refractivity contribution >= 4 is 28.9 Å². The molecule has 0 saturated heterocycles. The summed E-state index contributed by atoms with van der Waals surface area (Å²) in [6, 6.07) is 2.09. The molecule has 1 aromatic rings. The summed E-state index contributed by atoms with van der Waals surface area (Å²) in [5.41, 5.74) is -0.417. The van der Waals surface area contributed by atoms with Crippen LogP contribution in [0.3, 0.4) is 0 Å². The van der Waals surface area contributed by atoms with Gasteiger partial charge in [-0.15, -0.1) is 6.42 Å². The van der Waals surface area contributed by atoms with Gasteiger partial charge in [0.15, 0.2) is 0 Å². The topological polar surface area (TPSA) is 83.7 Å². The van der Waals surface area contributed by atoms with Crippen LogP contribution in [0.4, 0.5) is 11.4 Å². The molecule has 19 heavy (non-hydrogen) atoms. The highest BCUT2D eigenvalue weighted by atomic mass is 35.5. The number of rotatable bonds is 5. The number of carboxylic acids is 1. The van der Waals surface area contributed by atoms with Crippen molar-refractivity contribution in [1.82, 2.24) is 0 Å². The molecule has 100 valence electrons. The van der Waals surface area contributed by atoms with Crippen LogP contribution in [0.2, 0.25) is 5.02 Å². The summed E-state index contributed by atoms with van der Waals surface area (Å²) in [6.07, 6.45) is 5.21. The molecule has 0 fully saturated rings. The predicted molar refractivity (Wildman–Crippen MR) is 71.8 cm³/mol. The monoisotopic (exact) mass is 282 g/mol. The van der Waals surface area contributed by atoms with Crippen LogP contribution in [0.15, 0.2) is 12.1 Å². The summed E-state index contributed by atoms with van der Waals surface area (Å²) in [4.78, 5) is 22.8. The Bertz CT molecular complexity index is 566. The van der Waals surface area contributed by atoms with Crippen molar-refractivity contribution in [2.45, 2.75) is 6.92 Å². The highest BCUT2D eigenvalue weighted by Crippen LogP contribution is 2.34.